The molecular formula is C10H12BrNO5S. The monoisotopic (exact) mass is 337 g/mol. The summed E-state index contributed by atoms with van der Waals surface area (Å²) in [7, 11) is -4.08. The van der Waals surface area contributed by atoms with Gasteiger partial charge >= 0.3 is 0 Å². The van der Waals surface area contributed by atoms with Gasteiger partial charge in [0.25, 0.3) is 16.0 Å². The molecular weight excluding hydrogens is 326 g/mol. The zero-order valence-corrected chi connectivity index (χ0v) is 11.7. The zero-order valence-electron chi connectivity index (χ0n) is 9.30. The van der Waals surface area contributed by atoms with E-state index < -0.39 is 21.8 Å². The van der Waals surface area contributed by atoms with E-state index in [2.05, 4.69) is 21.2 Å². The van der Waals surface area contributed by atoms with Gasteiger partial charge in [-0.1, -0.05) is 12.1 Å². The van der Waals surface area contributed by atoms with Gasteiger partial charge in [-0.3, -0.25) is 9.35 Å². The summed E-state index contributed by atoms with van der Waals surface area (Å²) >= 11 is 3.08. The molecule has 0 aliphatic carbocycles. The first-order valence-electron chi connectivity index (χ1n) is 4.95. The molecule has 18 heavy (non-hydrogen) atoms. The molecule has 0 aromatic heterocycles. The maximum Gasteiger partial charge on any atom is 0.266 e. The van der Waals surface area contributed by atoms with Gasteiger partial charge in [-0.25, -0.2) is 0 Å². The Hall–Kier alpha value is -1.12. The SMILES string of the molecule is O=C(NCCS(=O)(=O)O)c1ccccc1OCBr. The lowest BCUT2D eigenvalue weighted by Crippen LogP contribution is -2.29. The van der Waals surface area contributed by atoms with Crippen LogP contribution < -0.4 is 10.1 Å². The van der Waals surface area contributed by atoms with Crippen molar-refractivity contribution in [3.63, 3.8) is 0 Å². The Morgan fingerprint density at radius 3 is 2.67 bits per heavy atom. The number of hydrogen-bond acceptors (Lipinski definition) is 4. The van der Waals surface area contributed by atoms with Gasteiger partial charge in [-0.15, -0.1) is 0 Å². The fourth-order valence-corrected chi connectivity index (χ4v) is 1.83. The minimum Gasteiger partial charge on any atom is -0.482 e. The molecule has 0 aliphatic heterocycles. The number of para-hydroxylation sites is 1. The van der Waals surface area contributed by atoms with Gasteiger partial charge in [0.05, 0.1) is 11.3 Å². The Bertz CT molecular complexity index is 517. The predicted octanol–water partition coefficient (Wildman–Crippen LogP) is 1.04. The Balaban J connectivity index is 2.66. The van der Waals surface area contributed by atoms with Crippen LogP contribution in [0.4, 0.5) is 0 Å². The van der Waals surface area contributed by atoms with E-state index in [-0.39, 0.29) is 12.1 Å². The van der Waals surface area contributed by atoms with Crippen LogP contribution in [0.2, 0.25) is 0 Å². The maximum absolute atomic E-state index is 11.7. The molecule has 0 heterocycles. The smallest absolute Gasteiger partial charge is 0.266 e. The molecule has 0 saturated heterocycles. The molecule has 0 radical (unpaired) electrons. The normalized spacial score (nSPS) is 11.0. The Morgan fingerprint density at radius 1 is 1.39 bits per heavy atom. The van der Waals surface area contributed by atoms with Crippen LogP contribution in [0.25, 0.3) is 0 Å². The van der Waals surface area contributed by atoms with Crippen LogP contribution in [0.5, 0.6) is 5.75 Å². The molecule has 1 aromatic carbocycles. The lowest BCUT2D eigenvalue weighted by Gasteiger charge is -2.09. The lowest BCUT2D eigenvalue weighted by atomic mass is 10.2. The summed E-state index contributed by atoms with van der Waals surface area (Å²) < 4.78 is 34.7. The van der Waals surface area contributed by atoms with Crippen LogP contribution in [0.15, 0.2) is 24.3 Å². The van der Waals surface area contributed by atoms with Crippen LogP contribution in [0.3, 0.4) is 0 Å². The third-order valence-electron chi connectivity index (χ3n) is 1.99. The first-order chi connectivity index (χ1) is 8.44. The van der Waals surface area contributed by atoms with Gasteiger partial charge in [0, 0.05) is 6.54 Å². The fourth-order valence-electron chi connectivity index (χ4n) is 1.23. The highest BCUT2D eigenvalue weighted by atomic mass is 79.9. The average molecular weight is 338 g/mol. The van der Waals surface area contributed by atoms with Crippen LogP contribution in [0, 0.1) is 0 Å². The van der Waals surface area contributed by atoms with Gasteiger partial charge in [0.2, 0.25) is 0 Å². The van der Waals surface area contributed by atoms with E-state index >= 15 is 0 Å². The minimum absolute atomic E-state index is 0.166. The Labute approximate surface area is 113 Å². The highest BCUT2D eigenvalue weighted by Crippen LogP contribution is 2.18. The van der Waals surface area contributed by atoms with Crippen molar-refractivity contribution < 1.29 is 22.5 Å². The summed E-state index contributed by atoms with van der Waals surface area (Å²) in [6.07, 6.45) is 0. The van der Waals surface area contributed by atoms with Gasteiger partial charge in [0.15, 0.2) is 0 Å². The maximum atomic E-state index is 11.7. The molecule has 2 N–H and O–H groups in total. The van der Waals surface area contributed by atoms with Crippen molar-refractivity contribution in [1.29, 1.82) is 0 Å². The average Bonchev–Trinajstić information content (AvgIpc) is 2.28. The van der Waals surface area contributed by atoms with Crippen molar-refractivity contribution >= 4 is 32.0 Å². The van der Waals surface area contributed by atoms with E-state index in [0.29, 0.717) is 11.3 Å². The topological polar surface area (TPSA) is 92.7 Å². The number of rotatable bonds is 6. The molecule has 6 nitrogen and oxygen atoms in total. The van der Waals surface area contributed by atoms with Crippen molar-refractivity contribution in [3.05, 3.63) is 29.8 Å². The summed E-state index contributed by atoms with van der Waals surface area (Å²) in [4.78, 5) is 11.7. The van der Waals surface area contributed by atoms with Gasteiger partial charge in [-0.2, -0.15) is 8.42 Å². The quantitative estimate of drug-likeness (QED) is 0.597. The van der Waals surface area contributed by atoms with E-state index in [9.17, 15) is 13.2 Å². The highest BCUT2D eigenvalue weighted by molar-refractivity contribution is 9.09. The van der Waals surface area contributed by atoms with Crippen molar-refractivity contribution in [2.45, 2.75) is 0 Å². The van der Waals surface area contributed by atoms with E-state index in [0.717, 1.165) is 0 Å². The fraction of sp³-hybridized carbons (Fsp3) is 0.300. The van der Waals surface area contributed by atoms with Gasteiger partial charge < -0.3 is 10.1 Å². The molecule has 0 spiro atoms. The molecule has 0 fully saturated rings. The summed E-state index contributed by atoms with van der Waals surface area (Å²) in [5.41, 5.74) is 0.537. The van der Waals surface area contributed by atoms with Crippen molar-refractivity contribution in [1.82, 2.24) is 5.32 Å². The number of hydrogen-bond donors (Lipinski definition) is 2. The lowest BCUT2D eigenvalue weighted by molar-refractivity contribution is 0.0953. The van der Waals surface area contributed by atoms with Crippen molar-refractivity contribution in [2.75, 3.05) is 17.8 Å². The van der Waals surface area contributed by atoms with Crippen LogP contribution in [0.1, 0.15) is 10.4 Å². The van der Waals surface area contributed by atoms with Crippen LogP contribution >= 0.6 is 15.9 Å². The van der Waals surface area contributed by atoms with Crippen LogP contribution in [-0.4, -0.2) is 36.7 Å². The zero-order chi connectivity index (χ0) is 13.6. The molecule has 0 atom stereocenters. The molecule has 1 rings (SSSR count). The van der Waals surface area contributed by atoms with Gasteiger partial charge in [0.1, 0.15) is 11.3 Å². The van der Waals surface area contributed by atoms with Crippen molar-refractivity contribution in [2.24, 2.45) is 0 Å². The summed E-state index contributed by atoms with van der Waals surface area (Å²) in [5.74, 6) is -0.603. The second kappa shape index (κ2) is 6.72. The summed E-state index contributed by atoms with van der Waals surface area (Å²) in [5, 5.41) is 2.38. The van der Waals surface area contributed by atoms with E-state index in [1.165, 1.54) is 0 Å². The first-order valence-corrected chi connectivity index (χ1v) is 7.68. The summed E-state index contributed by atoms with van der Waals surface area (Å²) in [6.45, 7) is -0.166. The molecule has 0 saturated carbocycles. The number of ether oxygens (including phenoxy) is 1. The molecule has 0 aliphatic rings. The van der Waals surface area contributed by atoms with Gasteiger partial charge in [-0.05, 0) is 28.1 Å². The minimum atomic E-state index is -4.08. The standard InChI is InChI=1S/C10H12BrNO5S/c11-7-17-9-4-2-1-3-8(9)10(13)12-5-6-18(14,15)16/h1-4H,5-7H2,(H,12,13)(H,14,15,16). The summed E-state index contributed by atoms with van der Waals surface area (Å²) in [6, 6.07) is 6.56. The third kappa shape index (κ3) is 5.03. The number of nitrogens with one attached hydrogen (secondary N) is 1. The molecule has 8 heteroatoms. The number of amides is 1. The first kappa shape index (κ1) is 14.9. The van der Waals surface area contributed by atoms with Crippen molar-refractivity contribution in [3.8, 4) is 5.75 Å². The Kier molecular flexibility index (Phi) is 5.57. The number of alkyl halides is 1. The predicted molar refractivity (Wildman–Crippen MR) is 69.6 cm³/mol. The Morgan fingerprint density at radius 2 is 2.06 bits per heavy atom. The molecule has 1 aromatic rings. The van der Waals surface area contributed by atoms with Crippen LogP contribution in [-0.2, 0) is 10.1 Å². The van der Waals surface area contributed by atoms with E-state index in [4.69, 9.17) is 9.29 Å². The molecule has 0 bridgehead atoms. The number of benzene rings is 1. The van der Waals surface area contributed by atoms with E-state index in [1.54, 1.807) is 24.3 Å². The highest BCUT2D eigenvalue weighted by Gasteiger charge is 2.12. The molecule has 0 unspecified atom stereocenters. The second-order valence-electron chi connectivity index (χ2n) is 3.29. The second-order valence-corrected chi connectivity index (χ2v) is 5.32. The molecule has 1 amide bonds. The largest absolute Gasteiger partial charge is 0.482 e. The molecule has 100 valence electrons. The number of halogens is 1. The number of carbonyl (C=O) groups is 1. The third-order valence-corrected chi connectivity index (χ3v) is 2.94. The van der Waals surface area contributed by atoms with E-state index in [1.807, 2.05) is 0 Å². The number of carbonyl (C=O) groups excluding carboxylic acids is 1.